The quantitative estimate of drug-likeness (QED) is 0.255. The van der Waals surface area contributed by atoms with Gasteiger partial charge in [0.1, 0.15) is 17.0 Å². The number of nitriles is 1. The number of rotatable bonds is 3. The second-order valence-electron chi connectivity index (χ2n) is 8.06. The Balaban J connectivity index is 1.49. The van der Waals surface area contributed by atoms with Gasteiger partial charge in [0.2, 0.25) is 0 Å². The monoisotopic (exact) mass is 426 g/mol. The summed E-state index contributed by atoms with van der Waals surface area (Å²) in [5.41, 5.74) is 12.8. The summed E-state index contributed by atoms with van der Waals surface area (Å²) in [6.07, 6.45) is 2.03. The first-order chi connectivity index (χ1) is 16.1. The number of hydrogen-bond donors (Lipinski definition) is 2. The van der Waals surface area contributed by atoms with Crippen molar-refractivity contribution in [3.05, 3.63) is 102 Å². The molecule has 0 aliphatic rings. The zero-order valence-corrected chi connectivity index (χ0v) is 17.5. The Morgan fingerprint density at radius 1 is 0.818 bits per heavy atom. The Labute approximate surface area is 189 Å². The smallest absolute Gasteiger partial charge is 0.135 e. The summed E-state index contributed by atoms with van der Waals surface area (Å²) in [7, 11) is 0. The number of hydrogen-bond acceptors (Lipinski definition) is 3. The molecule has 0 amide bonds. The molecule has 2 aromatic heterocycles. The summed E-state index contributed by atoms with van der Waals surface area (Å²) in [5.74, 6) is 0.0618. The fourth-order valence-corrected chi connectivity index (χ4v) is 4.37. The molecule has 0 radical (unpaired) electrons. The van der Waals surface area contributed by atoms with Gasteiger partial charge in [-0.15, -0.1) is 0 Å². The van der Waals surface area contributed by atoms with Crippen molar-refractivity contribution in [3.63, 3.8) is 0 Å². The van der Waals surface area contributed by atoms with E-state index in [1.54, 1.807) is 0 Å². The minimum absolute atomic E-state index is 0.0618. The third-order valence-electron chi connectivity index (χ3n) is 6.08. The van der Waals surface area contributed by atoms with Crippen LogP contribution in [0.5, 0.6) is 0 Å². The van der Waals surface area contributed by atoms with E-state index in [0.29, 0.717) is 11.1 Å². The molecule has 3 N–H and O–H groups in total. The highest BCUT2D eigenvalue weighted by atomic mass is 16.3. The average molecular weight is 426 g/mol. The predicted octanol–water partition coefficient (Wildman–Crippen LogP) is 6.35. The number of benzene rings is 4. The molecular weight excluding hydrogens is 408 g/mol. The molecule has 0 saturated carbocycles. The van der Waals surface area contributed by atoms with Gasteiger partial charge in [-0.1, -0.05) is 30.3 Å². The van der Waals surface area contributed by atoms with Crippen LogP contribution in [0.2, 0.25) is 0 Å². The van der Waals surface area contributed by atoms with Gasteiger partial charge in [0.05, 0.1) is 17.1 Å². The number of nitrogens with one attached hydrogen (secondary N) is 1. The summed E-state index contributed by atoms with van der Waals surface area (Å²) in [6.45, 7) is 0. The van der Waals surface area contributed by atoms with Gasteiger partial charge in [0, 0.05) is 33.6 Å². The van der Waals surface area contributed by atoms with E-state index in [9.17, 15) is 5.26 Å². The van der Waals surface area contributed by atoms with E-state index in [1.165, 1.54) is 0 Å². The summed E-state index contributed by atoms with van der Waals surface area (Å²) < 4.78 is 8.22. The standard InChI is InChI=1S/C28H18N4O/c29-16-17-1-8-25-21(13-17)11-12-32(25)22-7-10-27-24(15-22)23-14-20(6-9-26(23)33-27)18-2-4-19(5-3-18)28(30)31/h1-15H,(H3,30,31). The highest BCUT2D eigenvalue weighted by molar-refractivity contribution is 6.07. The van der Waals surface area contributed by atoms with Gasteiger partial charge in [-0.05, 0) is 65.7 Å². The summed E-state index contributed by atoms with van der Waals surface area (Å²) in [6, 6.07) is 30.0. The molecule has 5 heteroatoms. The SMILES string of the molecule is N#Cc1ccc2c(ccn2-c2ccc3oc4ccc(-c5ccc(C(=N)N)cc5)cc4c3c2)c1. The van der Waals surface area contributed by atoms with Crippen LogP contribution in [0.3, 0.4) is 0 Å². The van der Waals surface area contributed by atoms with Gasteiger partial charge in [0.25, 0.3) is 0 Å². The number of fused-ring (bicyclic) bond motifs is 4. The Morgan fingerprint density at radius 3 is 2.30 bits per heavy atom. The van der Waals surface area contributed by atoms with Gasteiger partial charge in [-0.2, -0.15) is 5.26 Å². The van der Waals surface area contributed by atoms with Crippen LogP contribution < -0.4 is 5.73 Å². The molecule has 0 unspecified atom stereocenters. The number of amidine groups is 1. The highest BCUT2D eigenvalue weighted by Gasteiger charge is 2.12. The van der Waals surface area contributed by atoms with E-state index in [2.05, 4.69) is 22.8 Å². The summed E-state index contributed by atoms with van der Waals surface area (Å²) in [5, 5.41) is 19.9. The van der Waals surface area contributed by atoms with E-state index < -0.39 is 0 Å². The Hall–Kier alpha value is -4.82. The van der Waals surface area contributed by atoms with Gasteiger partial charge >= 0.3 is 0 Å². The molecule has 156 valence electrons. The molecule has 0 aliphatic heterocycles. The molecule has 0 bridgehead atoms. The maximum absolute atomic E-state index is 9.18. The number of furan rings is 1. The third-order valence-corrected chi connectivity index (χ3v) is 6.08. The first kappa shape index (κ1) is 18.9. The number of nitrogens with two attached hydrogens (primary N) is 1. The maximum atomic E-state index is 9.18. The van der Waals surface area contributed by atoms with Crippen LogP contribution in [0, 0.1) is 16.7 Å². The molecule has 6 rings (SSSR count). The summed E-state index contributed by atoms with van der Waals surface area (Å²) in [4.78, 5) is 0. The lowest BCUT2D eigenvalue weighted by Crippen LogP contribution is -2.10. The van der Waals surface area contributed by atoms with Crippen molar-refractivity contribution in [2.24, 2.45) is 5.73 Å². The van der Waals surface area contributed by atoms with Crippen LogP contribution in [0.15, 0.2) is 95.5 Å². The average Bonchev–Trinajstić information content (AvgIpc) is 3.44. The first-order valence-corrected chi connectivity index (χ1v) is 10.5. The van der Waals surface area contributed by atoms with Gasteiger partial charge in [0.15, 0.2) is 0 Å². The van der Waals surface area contributed by atoms with Crippen molar-refractivity contribution in [2.75, 3.05) is 0 Å². The van der Waals surface area contributed by atoms with E-state index in [1.807, 2.05) is 79.0 Å². The minimum atomic E-state index is 0.0618. The molecule has 4 aromatic carbocycles. The van der Waals surface area contributed by atoms with Crippen molar-refractivity contribution in [1.29, 1.82) is 10.7 Å². The molecule has 0 fully saturated rings. The summed E-state index contributed by atoms with van der Waals surface area (Å²) >= 11 is 0. The van der Waals surface area contributed by atoms with E-state index in [0.717, 1.165) is 49.7 Å². The second kappa shape index (κ2) is 7.11. The normalized spacial score (nSPS) is 11.2. The van der Waals surface area contributed by atoms with E-state index >= 15 is 0 Å². The third kappa shape index (κ3) is 3.05. The van der Waals surface area contributed by atoms with Crippen LogP contribution in [-0.2, 0) is 0 Å². The molecule has 0 atom stereocenters. The van der Waals surface area contributed by atoms with Gasteiger partial charge in [-0.3, -0.25) is 5.41 Å². The maximum Gasteiger partial charge on any atom is 0.135 e. The molecule has 2 heterocycles. The molecule has 5 nitrogen and oxygen atoms in total. The van der Waals surface area contributed by atoms with Crippen LogP contribution in [0.4, 0.5) is 0 Å². The Kier molecular flexibility index (Phi) is 4.08. The number of aromatic nitrogens is 1. The van der Waals surface area contributed by atoms with Gasteiger partial charge < -0.3 is 14.7 Å². The lowest BCUT2D eigenvalue weighted by molar-refractivity contribution is 0.669. The van der Waals surface area contributed by atoms with Crippen LogP contribution in [-0.4, -0.2) is 10.4 Å². The van der Waals surface area contributed by atoms with Crippen molar-refractivity contribution >= 4 is 38.7 Å². The van der Waals surface area contributed by atoms with Crippen LogP contribution in [0.1, 0.15) is 11.1 Å². The topological polar surface area (TPSA) is 91.7 Å². The van der Waals surface area contributed by atoms with Gasteiger partial charge in [-0.25, -0.2) is 0 Å². The lowest BCUT2D eigenvalue weighted by Gasteiger charge is -2.06. The zero-order valence-electron chi connectivity index (χ0n) is 17.5. The fraction of sp³-hybridized carbons (Fsp3) is 0. The van der Waals surface area contributed by atoms with Crippen LogP contribution >= 0.6 is 0 Å². The van der Waals surface area contributed by atoms with Crippen molar-refractivity contribution < 1.29 is 4.42 Å². The largest absolute Gasteiger partial charge is 0.456 e. The van der Waals surface area contributed by atoms with Crippen molar-refractivity contribution in [1.82, 2.24) is 4.57 Å². The van der Waals surface area contributed by atoms with E-state index in [-0.39, 0.29) is 5.84 Å². The molecule has 33 heavy (non-hydrogen) atoms. The van der Waals surface area contributed by atoms with Crippen molar-refractivity contribution in [2.45, 2.75) is 0 Å². The highest BCUT2D eigenvalue weighted by Crippen LogP contribution is 2.34. The molecular formula is C28H18N4O. The second-order valence-corrected chi connectivity index (χ2v) is 8.06. The van der Waals surface area contributed by atoms with E-state index in [4.69, 9.17) is 15.6 Å². The minimum Gasteiger partial charge on any atom is -0.456 e. The molecule has 0 spiro atoms. The number of nitrogen functional groups attached to an aromatic ring is 1. The predicted molar refractivity (Wildman–Crippen MR) is 132 cm³/mol. The molecule has 0 saturated heterocycles. The zero-order chi connectivity index (χ0) is 22.5. The number of nitrogens with zero attached hydrogens (tertiary/aromatic N) is 2. The van der Waals surface area contributed by atoms with Crippen molar-refractivity contribution in [3.8, 4) is 22.9 Å². The lowest BCUT2D eigenvalue weighted by atomic mass is 10.0. The Morgan fingerprint density at radius 2 is 1.55 bits per heavy atom. The molecule has 0 aliphatic carbocycles. The fourth-order valence-electron chi connectivity index (χ4n) is 4.37. The van der Waals surface area contributed by atoms with Crippen LogP contribution in [0.25, 0.3) is 49.7 Å². The molecule has 6 aromatic rings. The first-order valence-electron chi connectivity index (χ1n) is 10.5. The Bertz CT molecular complexity index is 1750.